The second kappa shape index (κ2) is 4.62. The highest BCUT2D eigenvalue weighted by molar-refractivity contribution is 5.92. The van der Waals surface area contributed by atoms with E-state index < -0.39 is 5.97 Å². The van der Waals surface area contributed by atoms with E-state index >= 15 is 0 Å². The molecule has 4 heteroatoms. The normalized spacial score (nSPS) is 21.6. The van der Waals surface area contributed by atoms with Gasteiger partial charge in [-0.25, -0.2) is 9.78 Å². The van der Waals surface area contributed by atoms with Gasteiger partial charge in [0, 0.05) is 12.5 Å². The van der Waals surface area contributed by atoms with Crippen LogP contribution in [-0.4, -0.2) is 20.6 Å². The van der Waals surface area contributed by atoms with Gasteiger partial charge < -0.3 is 9.67 Å². The van der Waals surface area contributed by atoms with E-state index in [0.717, 1.165) is 29.3 Å². The molecule has 4 nitrogen and oxygen atoms in total. The molecule has 1 aliphatic rings. The third-order valence-corrected chi connectivity index (χ3v) is 4.23. The van der Waals surface area contributed by atoms with E-state index in [9.17, 15) is 4.79 Å². The van der Waals surface area contributed by atoms with Crippen LogP contribution in [0.3, 0.4) is 0 Å². The molecule has 1 N–H and O–H groups in total. The number of fused-ring (bicyclic) bond motifs is 1. The molecule has 0 amide bonds. The number of nitrogens with zero attached hydrogens (tertiary/aromatic N) is 2. The molecule has 1 aromatic carbocycles. The van der Waals surface area contributed by atoms with Crippen molar-refractivity contribution in [3.63, 3.8) is 0 Å². The summed E-state index contributed by atoms with van der Waals surface area (Å²) in [7, 11) is 0. The van der Waals surface area contributed by atoms with Gasteiger partial charge in [0.15, 0.2) is 0 Å². The lowest BCUT2D eigenvalue weighted by Crippen LogP contribution is -2.08. The maximum absolute atomic E-state index is 11.2. The highest BCUT2D eigenvalue weighted by Gasteiger charge is 2.33. The summed E-state index contributed by atoms with van der Waals surface area (Å²) in [4.78, 5) is 15.8. The van der Waals surface area contributed by atoms with Crippen molar-refractivity contribution in [3.05, 3.63) is 29.6 Å². The molecule has 1 aromatic heterocycles. The Morgan fingerprint density at radius 1 is 1.50 bits per heavy atom. The van der Waals surface area contributed by atoms with Crippen LogP contribution in [0.15, 0.2) is 18.2 Å². The van der Waals surface area contributed by atoms with Crippen LogP contribution in [0.1, 0.15) is 49.3 Å². The SMILES string of the molecule is CC(C)c1nc2ccc(C(=O)O)cc2n1CC1CC1C. The van der Waals surface area contributed by atoms with Crippen LogP contribution in [0.4, 0.5) is 0 Å². The zero-order valence-electron chi connectivity index (χ0n) is 12.1. The van der Waals surface area contributed by atoms with Gasteiger partial charge in [-0.1, -0.05) is 20.8 Å². The summed E-state index contributed by atoms with van der Waals surface area (Å²) in [6, 6.07) is 5.20. The van der Waals surface area contributed by atoms with Gasteiger partial charge in [-0.05, 0) is 36.5 Å². The zero-order chi connectivity index (χ0) is 14.4. The zero-order valence-corrected chi connectivity index (χ0v) is 12.1. The van der Waals surface area contributed by atoms with Crippen LogP contribution in [0.2, 0.25) is 0 Å². The Morgan fingerprint density at radius 2 is 2.20 bits per heavy atom. The molecule has 106 valence electrons. The lowest BCUT2D eigenvalue weighted by molar-refractivity contribution is 0.0697. The summed E-state index contributed by atoms with van der Waals surface area (Å²) in [6.07, 6.45) is 1.26. The molecule has 1 heterocycles. The topological polar surface area (TPSA) is 55.1 Å². The van der Waals surface area contributed by atoms with Crippen LogP contribution >= 0.6 is 0 Å². The Kier molecular flexibility index (Phi) is 3.04. The summed E-state index contributed by atoms with van der Waals surface area (Å²) < 4.78 is 2.22. The predicted octanol–water partition coefficient (Wildman–Crippen LogP) is 3.51. The number of carboxylic acid groups (broad SMARTS) is 1. The van der Waals surface area contributed by atoms with Crippen molar-refractivity contribution in [1.82, 2.24) is 9.55 Å². The maximum Gasteiger partial charge on any atom is 0.335 e. The van der Waals surface area contributed by atoms with Crippen molar-refractivity contribution < 1.29 is 9.90 Å². The predicted molar refractivity (Wildman–Crippen MR) is 78.1 cm³/mol. The van der Waals surface area contributed by atoms with Gasteiger partial charge in [-0.15, -0.1) is 0 Å². The van der Waals surface area contributed by atoms with Crippen LogP contribution < -0.4 is 0 Å². The van der Waals surface area contributed by atoms with E-state index in [0.29, 0.717) is 17.4 Å². The molecular formula is C16H20N2O2. The molecule has 2 atom stereocenters. The summed E-state index contributed by atoms with van der Waals surface area (Å²) in [5, 5.41) is 9.16. The van der Waals surface area contributed by atoms with E-state index in [2.05, 4.69) is 30.3 Å². The fourth-order valence-corrected chi connectivity index (χ4v) is 2.79. The molecule has 0 radical (unpaired) electrons. The minimum Gasteiger partial charge on any atom is -0.478 e. The summed E-state index contributed by atoms with van der Waals surface area (Å²) >= 11 is 0. The van der Waals surface area contributed by atoms with Gasteiger partial charge in [0.05, 0.1) is 16.6 Å². The smallest absolute Gasteiger partial charge is 0.335 e. The molecule has 1 aliphatic carbocycles. The van der Waals surface area contributed by atoms with Crippen molar-refractivity contribution in [3.8, 4) is 0 Å². The summed E-state index contributed by atoms with van der Waals surface area (Å²) in [5.41, 5.74) is 2.18. The highest BCUT2D eigenvalue weighted by atomic mass is 16.4. The summed E-state index contributed by atoms with van der Waals surface area (Å²) in [5.74, 6) is 1.99. The number of rotatable bonds is 4. The Labute approximate surface area is 118 Å². The van der Waals surface area contributed by atoms with E-state index in [4.69, 9.17) is 5.11 Å². The first-order valence-corrected chi connectivity index (χ1v) is 7.21. The van der Waals surface area contributed by atoms with E-state index in [1.54, 1.807) is 12.1 Å². The first-order valence-electron chi connectivity index (χ1n) is 7.21. The van der Waals surface area contributed by atoms with Gasteiger partial charge >= 0.3 is 5.97 Å². The molecule has 20 heavy (non-hydrogen) atoms. The number of carbonyl (C=O) groups is 1. The number of hydrogen-bond acceptors (Lipinski definition) is 2. The maximum atomic E-state index is 11.2. The standard InChI is InChI=1S/C16H20N2O2/c1-9(2)15-17-13-5-4-11(16(19)20)7-14(13)18(15)8-12-6-10(12)3/h4-5,7,9-10,12H,6,8H2,1-3H3,(H,19,20). The average Bonchev–Trinajstić information content (AvgIpc) is 2.96. The fraction of sp³-hybridized carbons (Fsp3) is 0.500. The van der Waals surface area contributed by atoms with Crippen molar-refractivity contribution >= 4 is 17.0 Å². The summed E-state index contributed by atoms with van der Waals surface area (Å²) in [6.45, 7) is 7.48. The molecule has 0 saturated heterocycles. The Morgan fingerprint density at radius 3 is 2.75 bits per heavy atom. The number of hydrogen-bond donors (Lipinski definition) is 1. The second-order valence-corrected chi connectivity index (χ2v) is 6.22. The van der Waals surface area contributed by atoms with Crippen molar-refractivity contribution in [2.24, 2.45) is 11.8 Å². The third-order valence-electron chi connectivity index (χ3n) is 4.23. The van der Waals surface area contributed by atoms with E-state index in [1.807, 2.05) is 6.07 Å². The number of aromatic carboxylic acids is 1. The highest BCUT2D eigenvalue weighted by Crippen LogP contribution is 2.40. The molecule has 2 aromatic rings. The van der Waals surface area contributed by atoms with Gasteiger partial charge in [0.2, 0.25) is 0 Å². The Bertz CT molecular complexity index is 672. The first kappa shape index (κ1) is 13.2. The van der Waals surface area contributed by atoms with Crippen molar-refractivity contribution in [2.45, 2.75) is 39.7 Å². The average molecular weight is 272 g/mol. The van der Waals surface area contributed by atoms with Crippen LogP contribution in [0.25, 0.3) is 11.0 Å². The van der Waals surface area contributed by atoms with Crippen LogP contribution in [0.5, 0.6) is 0 Å². The lowest BCUT2D eigenvalue weighted by Gasteiger charge is -2.11. The van der Waals surface area contributed by atoms with Crippen LogP contribution in [-0.2, 0) is 6.54 Å². The molecule has 0 bridgehead atoms. The van der Waals surface area contributed by atoms with Crippen LogP contribution in [0, 0.1) is 11.8 Å². The molecule has 3 rings (SSSR count). The minimum absolute atomic E-state index is 0.331. The lowest BCUT2D eigenvalue weighted by atomic mass is 10.2. The number of benzene rings is 1. The van der Waals surface area contributed by atoms with Crippen molar-refractivity contribution in [2.75, 3.05) is 0 Å². The fourth-order valence-electron chi connectivity index (χ4n) is 2.79. The monoisotopic (exact) mass is 272 g/mol. The minimum atomic E-state index is -0.884. The van der Waals surface area contributed by atoms with Crippen molar-refractivity contribution in [1.29, 1.82) is 0 Å². The molecule has 1 saturated carbocycles. The quantitative estimate of drug-likeness (QED) is 0.926. The molecular weight excluding hydrogens is 252 g/mol. The number of aromatic nitrogens is 2. The number of carboxylic acids is 1. The largest absolute Gasteiger partial charge is 0.478 e. The molecule has 0 spiro atoms. The molecule has 2 unspecified atom stereocenters. The van der Waals surface area contributed by atoms with E-state index in [-0.39, 0.29) is 0 Å². The van der Waals surface area contributed by atoms with Gasteiger partial charge in [-0.3, -0.25) is 0 Å². The Hall–Kier alpha value is -1.84. The molecule has 1 fully saturated rings. The number of imidazole rings is 1. The molecule has 0 aliphatic heterocycles. The first-order chi connectivity index (χ1) is 9.47. The third kappa shape index (κ3) is 2.19. The van der Waals surface area contributed by atoms with Gasteiger partial charge in [0.25, 0.3) is 0 Å². The van der Waals surface area contributed by atoms with Gasteiger partial charge in [-0.2, -0.15) is 0 Å². The van der Waals surface area contributed by atoms with Gasteiger partial charge in [0.1, 0.15) is 5.82 Å². The van der Waals surface area contributed by atoms with E-state index in [1.165, 1.54) is 6.42 Å². The second-order valence-electron chi connectivity index (χ2n) is 6.22. The Balaban J connectivity index is 2.12.